The van der Waals surface area contributed by atoms with Crippen molar-refractivity contribution in [3.63, 3.8) is 0 Å². The quantitative estimate of drug-likeness (QED) is 0.372. The van der Waals surface area contributed by atoms with E-state index in [2.05, 4.69) is 15.5 Å². The van der Waals surface area contributed by atoms with Crippen molar-refractivity contribution in [3.05, 3.63) is 75.3 Å². The molecule has 3 aromatic rings. The molecule has 12 nitrogen and oxygen atoms in total. The standard InChI is InChI=1S/C24H26F2N6O6/c1-14(2)37-7-3-6-30-13-31(11-19-28-12-38-29-19)32-10-17(21(33)22(34)20(32)24(30)36)23(35)27-9-15-4-5-16(25)8-18(15)26/h4-5,8,10,12,14,34H,3,6-7,9,11,13H2,1-2H3,(H,27,35). The molecule has 0 fully saturated rings. The summed E-state index contributed by atoms with van der Waals surface area (Å²) in [7, 11) is 0. The van der Waals surface area contributed by atoms with E-state index in [9.17, 15) is 28.3 Å². The van der Waals surface area contributed by atoms with Crippen molar-refractivity contribution in [1.29, 1.82) is 0 Å². The number of ether oxygens (including phenoxy) is 1. The SMILES string of the molecule is CC(C)OCCCN1CN(Cc2ncon2)n2cc(C(=O)NCc3ccc(F)cc3F)c(=O)c(O)c2C1=O. The van der Waals surface area contributed by atoms with Gasteiger partial charge in [-0.15, -0.1) is 0 Å². The largest absolute Gasteiger partial charge is 0.502 e. The van der Waals surface area contributed by atoms with Crippen molar-refractivity contribution in [2.75, 3.05) is 24.8 Å². The second kappa shape index (κ2) is 11.4. The number of amides is 2. The fraction of sp³-hybridized carbons (Fsp3) is 0.375. The van der Waals surface area contributed by atoms with Gasteiger partial charge in [-0.25, -0.2) is 8.78 Å². The molecule has 2 N–H and O–H groups in total. The highest BCUT2D eigenvalue weighted by Crippen LogP contribution is 2.22. The number of nitrogens with one attached hydrogen (secondary N) is 1. The van der Waals surface area contributed by atoms with Gasteiger partial charge in [0.2, 0.25) is 11.8 Å². The zero-order valence-electron chi connectivity index (χ0n) is 20.7. The van der Waals surface area contributed by atoms with E-state index in [0.29, 0.717) is 19.1 Å². The molecule has 0 radical (unpaired) electrons. The van der Waals surface area contributed by atoms with E-state index in [4.69, 9.17) is 9.26 Å². The topological polar surface area (TPSA) is 143 Å². The minimum Gasteiger partial charge on any atom is -0.502 e. The molecule has 4 rings (SSSR count). The lowest BCUT2D eigenvalue weighted by atomic mass is 10.1. The maximum absolute atomic E-state index is 14.0. The van der Waals surface area contributed by atoms with Gasteiger partial charge < -0.3 is 24.6 Å². The third-order valence-electron chi connectivity index (χ3n) is 5.75. The Morgan fingerprint density at radius 1 is 1.29 bits per heavy atom. The molecule has 0 bridgehead atoms. The molecule has 0 aliphatic carbocycles. The maximum atomic E-state index is 14.0. The number of rotatable bonds is 10. The summed E-state index contributed by atoms with van der Waals surface area (Å²) < 4.78 is 38.6. The Morgan fingerprint density at radius 3 is 2.76 bits per heavy atom. The van der Waals surface area contributed by atoms with Crippen LogP contribution in [0.15, 0.2) is 40.1 Å². The van der Waals surface area contributed by atoms with Crippen LogP contribution in [-0.2, 0) is 17.8 Å². The highest BCUT2D eigenvalue weighted by molar-refractivity contribution is 5.99. The Morgan fingerprint density at radius 2 is 2.08 bits per heavy atom. The summed E-state index contributed by atoms with van der Waals surface area (Å²) >= 11 is 0. The lowest BCUT2D eigenvalue weighted by Gasteiger charge is -2.39. The van der Waals surface area contributed by atoms with Crippen molar-refractivity contribution >= 4 is 11.8 Å². The highest BCUT2D eigenvalue weighted by atomic mass is 19.1. The third kappa shape index (κ3) is 5.80. The van der Waals surface area contributed by atoms with E-state index in [1.807, 2.05) is 13.8 Å². The first-order valence-corrected chi connectivity index (χ1v) is 11.8. The Hall–Kier alpha value is -4.33. The first-order valence-electron chi connectivity index (χ1n) is 11.8. The van der Waals surface area contributed by atoms with Gasteiger partial charge in [-0.2, -0.15) is 4.98 Å². The second-order valence-electron chi connectivity index (χ2n) is 8.83. The molecule has 2 amide bonds. The summed E-state index contributed by atoms with van der Waals surface area (Å²) in [5, 5.41) is 18.4. The van der Waals surface area contributed by atoms with E-state index in [-0.39, 0.29) is 49.5 Å². The number of carbonyl (C=O) groups is 2. The molecule has 38 heavy (non-hydrogen) atoms. The minimum atomic E-state index is -1.08. The molecule has 0 saturated heterocycles. The predicted octanol–water partition coefficient (Wildman–Crippen LogP) is 1.51. The number of hydrogen-bond acceptors (Lipinski definition) is 9. The molecule has 1 aliphatic heterocycles. The number of benzene rings is 1. The Labute approximate surface area is 215 Å². The Bertz CT molecular complexity index is 1380. The third-order valence-corrected chi connectivity index (χ3v) is 5.75. The van der Waals surface area contributed by atoms with Crippen LogP contribution in [-0.4, -0.2) is 62.6 Å². The van der Waals surface area contributed by atoms with Crippen LogP contribution in [0.1, 0.15) is 52.5 Å². The average molecular weight is 533 g/mol. The summed E-state index contributed by atoms with van der Waals surface area (Å²) in [6, 6.07) is 2.86. The summed E-state index contributed by atoms with van der Waals surface area (Å²) in [6.45, 7) is 4.15. The van der Waals surface area contributed by atoms with Crippen molar-refractivity contribution < 1.29 is 32.7 Å². The number of fused-ring (bicyclic) bond motifs is 1. The Kier molecular flexibility index (Phi) is 8.00. The second-order valence-corrected chi connectivity index (χ2v) is 8.83. The van der Waals surface area contributed by atoms with Gasteiger partial charge in [-0.05, 0) is 26.3 Å². The normalized spacial score (nSPS) is 13.2. The van der Waals surface area contributed by atoms with Gasteiger partial charge in [0.05, 0.1) is 6.10 Å². The van der Waals surface area contributed by atoms with Gasteiger partial charge in [0.1, 0.15) is 30.4 Å². The van der Waals surface area contributed by atoms with Crippen molar-refractivity contribution in [2.24, 2.45) is 0 Å². The molecule has 3 heterocycles. The molecule has 0 saturated carbocycles. The lowest BCUT2D eigenvalue weighted by Crippen LogP contribution is -2.54. The Balaban J connectivity index is 1.62. The van der Waals surface area contributed by atoms with Gasteiger partial charge in [0.15, 0.2) is 17.3 Å². The zero-order valence-corrected chi connectivity index (χ0v) is 20.7. The average Bonchev–Trinajstić information content (AvgIpc) is 3.38. The van der Waals surface area contributed by atoms with Crippen LogP contribution in [0.3, 0.4) is 0 Å². The van der Waals surface area contributed by atoms with Crippen LogP contribution >= 0.6 is 0 Å². The molecular formula is C24H26F2N6O6. The van der Waals surface area contributed by atoms with Crippen LogP contribution in [0.4, 0.5) is 8.78 Å². The molecular weight excluding hydrogens is 506 g/mol. The molecule has 1 aliphatic rings. The van der Waals surface area contributed by atoms with Gasteiger partial charge in [-0.1, -0.05) is 11.2 Å². The number of hydrogen-bond donors (Lipinski definition) is 2. The van der Waals surface area contributed by atoms with Gasteiger partial charge in [0, 0.05) is 37.5 Å². The van der Waals surface area contributed by atoms with Crippen molar-refractivity contribution in [3.8, 4) is 5.75 Å². The van der Waals surface area contributed by atoms with Gasteiger partial charge in [0.25, 0.3) is 11.8 Å². The summed E-state index contributed by atoms with van der Waals surface area (Å²) in [5.41, 5.74) is -1.91. The molecule has 0 atom stereocenters. The van der Waals surface area contributed by atoms with Crippen LogP contribution in [0.25, 0.3) is 0 Å². The molecule has 0 unspecified atom stereocenters. The molecule has 0 spiro atoms. The van der Waals surface area contributed by atoms with Crippen molar-refractivity contribution in [1.82, 2.24) is 25.0 Å². The first-order chi connectivity index (χ1) is 18.2. The summed E-state index contributed by atoms with van der Waals surface area (Å²) in [6.07, 6.45) is 2.77. The van der Waals surface area contributed by atoms with E-state index in [1.54, 1.807) is 5.01 Å². The van der Waals surface area contributed by atoms with E-state index in [0.717, 1.165) is 24.7 Å². The fourth-order valence-electron chi connectivity index (χ4n) is 3.89. The molecule has 202 valence electrons. The number of aromatic hydroxyl groups is 1. The zero-order chi connectivity index (χ0) is 27.4. The van der Waals surface area contributed by atoms with Gasteiger partial charge >= 0.3 is 0 Å². The highest BCUT2D eigenvalue weighted by Gasteiger charge is 2.34. The van der Waals surface area contributed by atoms with E-state index in [1.165, 1.54) is 9.58 Å². The number of pyridine rings is 1. The van der Waals surface area contributed by atoms with E-state index >= 15 is 0 Å². The number of carbonyl (C=O) groups excluding carboxylic acids is 2. The van der Waals surface area contributed by atoms with Crippen LogP contribution in [0, 0.1) is 11.6 Å². The molecule has 2 aromatic heterocycles. The van der Waals surface area contributed by atoms with Crippen molar-refractivity contribution in [2.45, 2.75) is 39.5 Å². The van der Waals surface area contributed by atoms with Gasteiger partial charge in [-0.3, -0.25) is 24.1 Å². The fourth-order valence-corrected chi connectivity index (χ4v) is 3.89. The summed E-state index contributed by atoms with van der Waals surface area (Å²) in [4.78, 5) is 44.4. The van der Waals surface area contributed by atoms with Crippen LogP contribution < -0.4 is 15.8 Å². The van der Waals surface area contributed by atoms with E-state index < -0.39 is 40.2 Å². The minimum absolute atomic E-state index is 0.00645. The smallest absolute Gasteiger partial charge is 0.277 e. The number of nitrogens with zero attached hydrogens (tertiary/aromatic N) is 5. The van der Waals surface area contributed by atoms with Crippen LogP contribution in [0.5, 0.6) is 5.75 Å². The lowest BCUT2D eigenvalue weighted by molar-refractivity contribution is 0.0565. The van der Waals surface area contributed by atoms with Crippen LogP contribution in [0.2, 0.25) is 0 Å². The molecule has 1 aromatic carbocycles. The monoisotopic (exact) mass is 532 g/mol. The first kappa shape index (κ1) is 26.7. The number of aromatic nitrogens is 3. The summed E-state index contributed by atoms with van der Waals surface area (Å²) in [5.74, 6) is -3.85. The predicted molar refractivity (Wildman–Crippen MR) is 128 cm³/mol. The number of halogens is 2. The maximum Gasteiger partial charge on any atom is 0.277 e. The molecule has 14 heteroatoms.